The zero-order chi connectivity index (χ0) is 14.4. The van der Waals surface area contributed by atoms with E-state index < -0.39 is 0 Å². The summed E-state index contributed by atoms with van der Waals surface area (Å²) in [6.45, 7) is 2.72. The van der Waals surface area contributed by atoms with Gasteiger partial charge in [0.1, 0.15) is 5.75 Å². The number of benzene rings is 2. The minimum Gasteiger partial charge on any atom is -0.494 e. The molecule has 2 amide bonds. The predicted molar refractivity (Wildman–Crippen MR) is 82.6 cm³/mol. The minimum atomic E-state index is -0.300. The molecule has 0 saturated carbocycles. The van der Waals surface area contributed by atoms with Crippen LogP contribution in [0.25, 0.3) is 0 Å². The van der Waals surface area contributed by atoms with Gasteiger partial charge in [-0.15, -0.1) is 0 Å². The maximum atomic E-state index is 10.9. The fourth-order valence-corrected chi connectivity index (χ4v) is 1.80. The van der Waals surface area contributed by atoms with Gasteiger partial charge in [-0.05, 0) is 31.2 Å². The van der Waals surface area contributed by atoms with Crippen molar-refractivity contribution in [3.8, 4) is 5.75 Å². The number of para-hydroxylation sites is 1. The molecule has 0 aromatic heterocycles. The Kier molecular flexibility index (Phi) is 6.14. The molecule has 0 radical (unpaired) electrons. The number of amides is 2. The summed E-state index contributed by atoms with van der Waals surface area (Å²) in [5.41, 5.74) is 0.940. The molecule has 0 spiro atoms. The van der Waals surface area contributed by atoms with Crippen molar-refractivity contribution in [3.05, 3.63) is 65.7 Å². The Balaban J connectivity index is 0.000000205. The van der Waals surface area contributed by atoms with E-state index >= 15 is 0 Å². The van der Waals surface area contributed by atoms with Crippen molar-refractivity contribution < 1.29 is 14.3 Å². The Hall–Kier alpha value is -2.62. The third kappa shape index (κ3) is 4.18. The van der Waals surface area contributed by atoms with E-state index in [9.17, 15) is 9.59 Å². The average Bonchev–Trinajstić information content (AvgIpc) is 2.77. The molecule has 0 bridgehead atoms. The van der Waals surface area contributed by atoms with Gasteiger partial charge in [0.05, 0.1) is 17.7 Å². The lowest BCUT2D eigenvalue weighted by Gasteiger charge is -1.99. The smallest absolute Gasteiger partial charge is 0.258 e. The van der Waals surface area contributed by atoms with E-state index in [2.05, 4.69) is 5.32 Å². The highest BCUT2D eigenvalue weighted by Crippen LogP contribution is 2.13. The molecule has 1 N–H and O–H groups in total. The molecule has 2 aromatic rings. The van der Waals surface area contributed by atoms with E-state index in [0.29, 0.717) is 11.1 Å². The molecule has 0 fully saturated rings. The maximum Gasteiger partial charge on any atom is 0.258 e. The summed E-state index contributed by atoms with van der Waals surface area (Å²) in [5, 5.41) is 2.20. The molecule has 1 aliphatic heterocycles. The van der Waals surface area contributed by atoms with Crippen LogP contribution in [0.3, 0.4) is 0 Å². The lowest BCUT2D eigenvalue weighted by atomic mass is 10.1. The Morgan fingerprint density at radius 3 is 1.81 bits per heavy atom. The van der Waals surface area contributed by atoms with E-state index in [4.69, 9.17) is 4.74 Å². The van der Waals surface area contributed by atoms with Crippen LogP contribution in [-0.4, -0.2) is 18.4 Å². The largest absolute Gasteiger partial charge is 0.494 e. The molecule has 4 heteroatoms. The van der Waals surface area contributed by atoms with Crippen LogP contribution in [0.4, 0.5) is 0 Å². The van der Waals surface area contributed by atoms with Crippen LogP contribution in [0.1, 0.15) is 35.1 Å². The summed E-state index contributed by atoms with van der Waals surface area (Å²) in [4.78, 5) is 21.9. The topological polar surface area (TPSA) is 55.4 Å². The summed E-state index contributed by atoms with van der Waals surface area (Å²) in [6.07, 6.45) is 0. The molecule has 21 heavy (non-hydrogen) atoms. The second kappa shape index (κ2) is 7.85. The fourth-order valence-electron chi connectivity index (χ4n) is 1.80. The molecule has 1 heterocycles. The first-order chi connectivity index (χ1) is 9.72. The summed E-state index contributed by atoms with van der Waals surface area (Å²) in [6, 6.07) is 16.5. The van der Waals surface area contributed by atoms with Crippen LogP contribution in [0.5, 0.6) is 5.75 Å². The third-order valence-electron chi connectivity index (χ3n) is 2.70. The summed E-state index contributed by atoms with van der Waals surface area (Å²) < 4.78 is 5.21. The van der Waals surface area contributed by atoms with Gasteiger partial charge in [-0.1, -0.05) is 37.8 Å². The zero-order valence-corrected chi connectivity index (χ0v) is 11.1. The number of nitrogens with one attached hydrogen (secondary N) is 1. The second-order valence-electron chi connectivity index (χ2n) is 4.07. The molecule has 4 nitrogen and oxygen atoms in total. The highest BCUT2D eigenvalue weighted by atomic mass is 16.5. The highest BCUT2D eigenvalue weighted by molar-refractivity contribution is 6.21. The number of fused-ring (bicyclic) bond motifs is 1. The molecule has 2 aromatic carbocycles. The number of ether oxygens (including phenoxy) is 1. The standard InChI is InChI=1S/C8H5NO2.C8H10O.CH4/c10-7-5-3-1-2-4-6(5)8(11)9-7;1-2-9-8-6-4-3-5-7-8;/h1-4H,(H,9,10,11);3-7H,2H2,1H3;1H4. The number of imide groups is 1. The summed E-state index contributed by atoms with van der Waals surface area (Å²) in [5.74, 6) is 0.344. The molecular weight excluding hydrogens is 266 g/mol. The van der Waals surface area contributed by atoms with Crippen LogP contribution in [0.2, 0.25) is 0 Å². The van der Waals surface area contributed by atoms with Crippen LogP contribution < -0.4 is 10.1 Å². The Bertz CT molecular complexity index is 575. The molecular formula is C17H19NO3. The Morgan fingerprint density at radius 2 is 1.33 bits per heavy atom. The van der Waals surface area contributed by atoms with Gasteiger partial charge in [0.15, 0.2) is 0 Å². The summed E-state index contributed by atoms with van der Waals surface area (Å²) >= 11 is 0. The van der Waals surface area contributed by atoms with Crippen molar-refractivity contribution in [3.63, 3.8) is 0 Å². The van der Waals surface area contributed by atoms with Crippen LogP contribution >= 0.6 is 0 Å². The van der Waals surface area contributed by atoms with Gasteiger partial charge in [-0.3, -0.25) is 14.9 Å². The van der Waals surface area contributed by atoms with Crippen molar-refractivity contribution in [2.45, 2.75) is 14.4 Å². The van der Waals surface area contributed by atoms with E-state index in [0.717, 1.165) is 12.4 Å². The number of hydrogen-bond donors (Lipinski definition) is 1. The lowest BCUT2D eigenvalue weighted by Crippen LogP contribution is -2.19. The van der Waals surface area contributed by atoms with Crippen molar-refractivity contribution in [2.75, 3.05) is 6.61 Å². The number of carbonyl (C=O) groups is 2. The first kappa shape index (κ1) is 16.4. The van der Waals surface area contributed by atoms with Gasteiger partial charge in [0, 0.05) is 0 Å². The van der Waals surface area contributed by atoms with Gasteiger partial charge in [-0.2, -0.15) is 0 Å². The van der Waals surface area contributed by atoms with Crippen LogP contribution in [0, 0.1) is 0 Å². The number of hydrogen-bond acceptors (Lipinski definition) is 3. The van der Waals surface area contributed by atoms with Crippen molar-refractivity contribution in [1.82, 2.24) is 5.32 Å². The van der Waals surface area contributed by atoms with E-state index in [1.54, 1.807) is 24.3 Å². The lowest BCUT2D eigenvalue weighted by molar-refractivity contribution is 0.0879. The third-order valence-corrected chi connectivity index (χ3v) is 2.70. The normalized spacial score (nSPS) is 11.5. The highest BCUT2D eigenvalue weighted by Gasteiger charge is 2.25. The van der Waals surface area contributed by atoms with Crippen molar-refractivity contribution in [1.29, 1.82) is 0 Å². The van der Waals surface area contributed by atoms with Crippen molar-refractivity contribution in [2.24, 2.45) is 0 Å². The maximum absolute atomic E-state index is 10.9. The van der Waals surface area contributed by atoms with Gasteiger partial charge < -0.3 is 4.74 Å². The molecule has 0 atom stereocenters. The van der Waals surface area contributed by atoms with E-state index in [1.165, 1.54) is 0 Å². The average molecular weight is 285 g/mol. The SMILES string of the molecule is C.CCOc1ccccc1.O=C1NC(=O)c2ccccc21. The first-order valence-corrected chi connectivity index (χ1v) is 6.35. The Morgan fingerprint density at radius 1 is 0.857 bits per heavy atom. The van der Waals surface area contributed by atoms with Crippen LogP contribution in [0.15, 0.2) is 54.6 Å². The monoisotopic (exact) mass is 285 g/mol. The first-order valence-electron chi connectivity index (χ1n) is 6.35. The zero-order valence-electron chi connectivity index (χ0n) is 11.1. The molecule has 3 rings (SSSR count). The quantitative estimate of drug-likeness (QED) is 0.861. The molecule has 1 aliphatic rings. The number of carbonyl (C=O) groups excluding carboxylic acids is 2. The van der Waals surface area contributed by atoms with E-state index in [1.807, 2.05) is 37.3 Å². The minimum absolute atomic E-state index is 0. The molecule has 0 aliphatic carbocycles. The second-order valence-corrected chi connectivity index (χ2v) is 4.07. The van der Waals surface area contributed by atoms with Gasteiger partial charge in [-0.25, -0.2) is 0 Å². The number of rotatable bonds is 2. The fraction of sp³-hybridized carbons (Fsp3) is 0.176. The predicted octanol–water partition coefficient (Wildman–Crippen LogP) is 3.29. The van der Waals surface area contributed by atoms with Crippen molar-refractivity contribution >= 4 is 11.8 Å². The summed E-state index contributed by atoms with van der Waals surface area (Å²) in [7, 11) is 0. The molecule has 0 unspecified atom stereocenters. The van der Waals surface area contributed by atoms with Gasteiger partial charge in [0.2, 0.25) is 0 Å². The Labute approximate surface area is 124 Å². The molecule has 110 valence electrons. The van der Waals surface area contributed by atoms with Crippen LogP contribution in [-0.2, 0) is 0 Å². The van der Waals surface area contributed by atoms with Gasteiger partial charge in [0.25, 0.3) is 11.8 Å². The van der Waals surface area contributed by atoms with E-state index in [-0.39, 0.29) is 19.2 Å². The molecule has 0 saturated heterocycles. The van der Waals surface area contributed by atoms with Gasteiger partial charge >= 0.3 is 0 Å².